The Morgan fingerprint density at radius 2 is 1.52 bits per heavy atom. The first-order valence-electron chi connectivity index (χ1n) is 9.69. The van der Waals surface area contributed by atoms with Crippen LogP contribution in [0.2, 0.25) is 0 Å². The summed E-state index contributed by atoms with van der Waals surface area (Å²) in [5.41, 5.74) is 2.95. The minimum absolute atomic E-state index is 0.0221. The highest BCUT2D eigenvalue weighted by Crippen LogP contribution is 2.29. The maximum absolute atomic E-state index is 13.0. The van der Waals surface area contributed by atoms with Crippen molar-refractivity contribution in [1.82, 2.24) is 15.1 Å². The molecule has 156 valence electrons. The minimum atomic E-state index is -0.170. The summed E-state index contributed by atoms with van der Waals surface area (Å²) in [7, 11) is 1.83. The number of carbonyl (C=O) groups is 1. The molecule has 1 aromatic heterocycles. The van der Waals surface area contributed by atoms with Gasteiger partial charge < -0.3 is 9.32 Å². The van der Waals surface area contributed by atoms with Gasteiger partial charge in [-0.2, -0.15) is 0 Å². The van der Waals surface area contributed by atoms with Crippen molar-refractivity contribution < 1.29 is 9.21 Å². The third kappa shape index (κ3) is 5.24. The first-order chi connectivity index (χ1) is 15.1. The van der Waals surface area contributed by atoms with Gasteiger partial charge in [-0.25, -0.2) is 0 Å². The van der Waals surface area contributed by atoms with Crippen molar-refractivity contribution >= 4 is 33.6 Å². The van der Waals surface area contributed by atoms with Crippen molar-refractivity contribution in [3.8, 4) is 11.5 Å². The number of rotatable bonds is 7. The fourth-order valence-electron chi connectivity index (χ4n) is 3.26. The second-order valence-corrected chi connectivity index (χ2v) is 8.74. The largest absolute Gasteiger partial charge is 0.411 e. The van der Waals surface area contributed by atoms with Gasteiger partial charge in [0, 0.05) is 17.1 Å². The SMILES string of the molecule is CN(C(=O)CSc1nnc(-c2ccc(Br)cc2)o1)C(c1ccccc1)c1ccccc1. The monoisotopic (exact) mass is 493 g/mol. The fraction of sp³-hybridized carbons (Fsp3) is 0.125. The first-order valence-corrected chi connectivity index (χ1v) is 11.5. The van der Waals surface area contributed by atoms with Gasteiger partial charge in [-0.3, -0.25) is 4.79 Å². The van der Waals surface area contributed by atoms with E-state index in [0.29, 0.717) is 11.1 Å². The van der Waals surface area contributed by atoms with E-state index >= 15 is 0 Å². The van der Waals surface area contributed by atoms with Crippen molar-refractivity contribution in [3.63, 3.8) is 0 Å². The molecule has 31 heavy (non-hydrogen) atoms. The Hall–Kier alpha value is -2.90. The van der Waals surface area contributed by atoms with Crippen LogP contribution in [0, 0.1) is 0 Å². The van der Waals surface area contributed by atoms with Crippen LogP contribution in [-0.4, -0.2) is 33.8 Å². The van der Waals surface area contributed by atoms with Crippen LogP contribution in [0.4, 0.5) is 0 Å². The van der Waals surface area contributed by atoms with Gasteiger partial charge >= 0.3 is 0 Å². The third-order valence-electron chi connectivity index (χ3n) is 4.83. The molecule has 4 aromatic rings. The number of thioether (sulfide) groups is 1. The van der Waals surface area contributed by atoms with Crippen LogP contribution in [0.1, 0.15) is 17.2 Å². The van der Waals surface area contributed by atoms with E-state index < -0.39 is 0 Å². The molecule has 0 fully saturated rings. The minimum Gasteiger partial charge on any atom is -0.411 e. The molecule has 0 saturated carbocycles. The molecule has 0 unspecified atom stereocenters. The quantitative estimate of drug-likeness (QED) is 0.302. The van der Waals surface area contributed by atoms with E-state index in [1.807, 2.05) is 92.0 Å². The van der Waals surface area contributed by atoms with Gasteiger partial charge in [0.25, 0.3) is 5.22 Å². The number of benzene rings is 3. The van der Waals surface area contributed by atoms with Crippen molar-refractivity contribution in [1.29, 1.82) is 0 Å². The summed E-state index contributed by atoms with van der Waals surface area (Å²) in [5.74, 6) is 0.614. The Morgan fingerprint density at radius 1 is 0.935 bits per heavy atom. The van der Waals surface area contributed by atoms with E-state index in [1.165, 1.54) is 11.8 Å². The molecule has 1 amide bonds. The van der Waals surface area contributed by atoms with Crippen LogP contribution in [0.25, 0.3) is 11.5 Å². The Balaban J connectivity index is 1.46. The molecule has 5 nitrogen and oxygen atoms in total. The van der Waals surface area contributed by atoms with E-state index in [9.17, 15) is 4.79 Å². The summed E-state index contributed by atoms with van der Waals surface area (Å²) in [6.45, 7) is 0. The smallest absolute Gasteiger partial charge is 0.277 e. The summed E-state index contributed by atoms with van der Waals surface area (Å²) in [6.07, 6.45) is 0. The van der Waals surface area contributed by atoms with Crippen molar-refractivity contribution in [2.45, 2.75) is 11.3 Å². The van der Waals surface area contributed by atoms with Gasteiger partial charge in [-0.1, -0.05) is 88.4 Å². The lowest BCUT2D eigenvalue weighted by Crippen LogP contribution is -2.33. The number of hydrogen-bond acceptors (Lipinski definition) is 5. The summed E-state index contributed by atoms with van der Waals surface area (Å²) in [6, 6.07) is 27.5. The lowest BCUT2D eigenvalue weighted by atomic mass is 9.97. The van der Waals surface area contributed by atoms with Crippen LogP contribution in [0.3, 0.4) is 0 Å². The normalized spacial score (nSPS) is 10.9. The average molecular weight is 494 g/mol. The van der Waals surface area contributed by atoms with Gasteiger partial charge in [-0.05, 0) is 35.4 Å². The van der Waals surface area contributed by atoms with Crippen molar-refractivity contribution in [3.05, 3.63) is 101 Å². The van der Waals surface area contributed by atoms with Gasteiger partial charge in [-0.15, -0.1) is 10.2 Å². The van der Waals surface area contributed by atoms with Crippen LogP contribution >= 0.6 is 27.7 Å². The molecule has 0 aliphatic heterocycles. The van der Waals surface area contributed by atoms with Crippen LogP contribution < -0.4 is 0 Å². The topological polar surface area (TPSA) is 59.2 Å². The number of hydrogen-bond donors (Lipinski definition) is 0. The highest BCUT2D eigenvalue weighted by Gasteiger charge is 2.24. The molecule has 1 heterocycles. The van der Waals surface area contributed by atoms with E-state index in [-0.39, 0.29) is 17.7 Å². The first kappa shape index (κ1) is 21.3. The van der Waals surface area contributed by atoms with Crippen LogP contribution in [0.5, 0.6) is 0 Å². The summed E-state index contributed by atoms with van der Waals surface area (Å²) >= 11 is 4.65. The lowest BCUT2D eigenvalue weighted by Gasteiger charge is -2.29. The van der Waals surface area contributed by atoms with E-state index in [0.717, 1.165) is 21.2 Å². The Bertz CT molecular complexity index is 1090. The zero-order valence-corrected chi connectivity index (χ0v) is 19.2. The average Bonchev–Trinajstić information content (AvgIpc) is 3.28. The highest BCUT2D eigenvalue weighted by molar-refractivity contribution is 9.10. The number of nitrogens with zero attached hydrogens (tertiary/aromatic N) is 3. The van der Waals surface area contributed by atoms with Crippen molar-refractivity contribution in [2.75, 3.05) is 12.8 Å². The third-order valence-corrected chi connectivity index (χ3v) is 6.16. The Kier molecular flexibility index (Phi) is 6.84. The van der Waals surface area contributed by atoms with Crippen LogP contribution in [-0.2, 0) is 4.79 Å². The molecular formula is C24H20BrN3O2S. The standard InChI is InChI=1S/C24H20BrN3O2S/c1-28(22(17-8-4-2-5-9-17)18-10-6-3-7-11-18)21(29)16-31-24-27-26-23(30-24)19-12-14-20(25)15-13-19/h2-15,22H,16H2,1H3. The molecule has 0 atom stereocenters. The molecular weight excluding hydrogens is 474 g/mol. The number of halogens is 1. The van der Waals surface area contributed by atoms with Gasteiger partial charge in [0.15, 0.2) is 0 Å². The maximum Gasteiger partial charge on any atom is 0.277 e. The molecule has 0 aliphatic rings. The molecule has 7 heteroatoms. The number of amides is 1. The predicted octanol–water partition coefficient (Wildman–Crippen LogP) is 5.84. The summed E-state index contributed by atoms with van der Waals surface area (Å²) in [4.78, 5) is 14.8. The Morgan fingerprint density at radius 3 is 2.10 bits per heavy atom. The molecule has 0 bridgehead atoms. The van der Waals surface area contributed by atoms with Gasteiger partial charge in [0.2, 0.25) is 11.8 Å². The van der Waals surface area contributed by atoms with Gasteiger partial charge in [0.05, 0.1) is 11.8 Å². The molecule has 0 N–H and O–H groups in total. The summed E-state index contributed by atoms with van der Waals surface area (Å²) in [5, 5.41) is 8.53. The highest BCUT2D eigenvalue weighted by atomic mass is 79.9. The molecule has 0 aliphatic carbocycles. The van der Waals surface area contributed by atoms with Gasteiger partial charge in [0.1, 0.15) is 0 Å². The van der Waals surface area contributed by atoms with Crippen molar-refractivity contribution in [2.24, 2.45) is 0 Å². The van der Waals surface area contributed by atoms with E-state index in [1.54, 1.807) is 4.90 Å². The second kappa shape index (κ2) is 9.94. The second-order valence-electron chi connectivity index (χ2n) is 6.90. The van der Waals surface area contributed by atoms with Crippen LogP contribution in [0.15, 0.2) is 99.0 Å². The Labute approximate surface area is 193 Å². The predicted molar refractivity (Wildman–Crippen MR) is 126 cm³/mol. The lowest BCUT2D eigenvalue weighted by molar-refractivity contribution is -0.128. The number of carbonyl (C=O) groups excluding carboxylic acids is 1. The zero-order valence-electron chi connectivity index (χ0n) is 16.8. The fourth-order valence-corrected chi connectivity index (χ4v) is 4.21. The molecule has 0 spiro atoms. The number of aromatic nitrogens is 2. The molecule has 3 aromatic carbocycles. The summed E-state index contributed by atoms with van der Waals surface area (Å²) < 4.78 is 6.70. The maximum atomic E-state index is 13.0. The molecule has 0 saturated heterocycles. The van der Waals surface area contributed by atoms with E-state index in [4.69, 9.17) is 4.42 Å². The van der Waals surface area contributed by atoms with E-state index in [2.05, 4.69) is 26.1 Å². The zero-order chi connectivity index (χ0) is 21.6. The molecule has 4 rings (SSSR count). The molecule has 0 radical (unpaired) electrons.